The van der Waals surface area contributed by atoms with Crippen LogP contribution in [0.15, 0.2) is 43.0 Å². The summed E-state index contributed by atoms with van der Waals surface area (Å²) in [5, 5.41) is 16.1. The van der Waals surface area contributed by atoms with Gasteiger partial charge in [0.15, 0.2) is 5.65 Å². The molecule has 5 rings (SSSR count). The molecule has 2 fully saturated rings. The van der Waals surface area contributed by atoms with E-state index >= 15 is 0 Å². The Balaban J connectivity index is 0.000000313. The molecule has 2 aliphatic rings. The van der Waals surface area contributed by atoms with Crippen molar-refractivity contribution in [3.8, 4) is 11.1 Å². The minimum absolute atomic E-state index is 0.204. The Bertz CT molecular complexity index is 1020. The maximum absolute atomic E-state index is 11.0. The normalized spacial score (nSPS) is 16.2. The van der Waals surface area contributed by atoms with Gasteiger partial charge in [0.1, 0.15) is 5.82 Å². The molecule has 3 aromatic rings. The average Bonchev–Trinajstić information content (AvgIpc) is 3.43. The fourth-order valence-electron chi connectivity index (χ4n) is 3.45. The van der Waals surface area contributed by atoms with Gasteiger partial charge in [-0.2, -0.15) is 5.10 Å². The average molecular weight is 409 g/mol. The van der Waals surface area contributed by atoms with Crippen LogP contribution in [0.5, 0.6) is 0 Å². The number of aromatic nitrogens is 4. The first kappa shape index (κ1) is 19.6. The molecule has 0 atom stereocenters. The molecule has 5 heterocycles. The number of pyridine rings is 1. The Kier molecular flexibility index (Phi) is 5.73. The minimum Gasteiger partial charge on any atom is -0.465 e. The van der Waals surface area contributed by atoms with E-state index in [0.717, 1.165) is 42.0 Å². The third kappa shape index (κ3) is 4.32. The molecule has 156 valence electrons. The van der Waals surface area contributed by atoms with Crippen molar-refractivity contribution < 1.29 is 14.7 Å². The molecule has 3 aromatic heterocycles. The maximum Gasteiger partial charge on any atom is 0.407 e. The number of anilines is 1. The van der Waals surface area contributed by atoms with E-state index in [1.807, 2.05) is 24.4 Å². The van der Waals surface area contributed by atoms with Crippen molar-refractivity contribution in [2.24, 2.45) is 0 Å². The number of nitrogens with zero attached hydrogens (tertiary/aromatic N) is 6. The third-order valence-electron chi connectivity index (χ3n) is 5.10. The Morgan fingerprint density at radius 3 is 2.57 bits per heavy atom. The van der Waals surface area contributed by atoms with Crippen LogP contribution in [0.1, 0.15) is 12.8 Å². The fourth-order valence-corrected chi connectivity index (χ4v) is 3.45. The molecule has 10 nitrogen and oxygen atoms in total. The van der Waals surface area contributed by atoms with E-state index in [1.165, 1.54) is 4.90 Å². The molecule has 0 radical (unpaired) electrons. The van der Waals surface area contributed by atoms with E-state index in [4.69, 9.17) is 10.1 Å². The van der Waals surface area contributed by atoms with Crippen LogP contribution in [0.3, 0.4) is 0 Å². The largest absolute Gasteiger partial charge is 0.465 e. The summed E-state index contributed by atoms with van der Waals surface area (Å²) in [7, 11) is 0. The van der Waals surface area contributed by atoms with Gasteiger partial charge in [-0.15, -0.1) is 0 Å². The molecule has 0 spiro atoms. The first-order chi connectivity index (χ1) is 14.6. The highest BCUT2D eigenvalue weighted by Gasteiger charge is 2.21. The first-order valence-corrected chi connectivity index (χ1v) is 9.86. The summed E-state index contributed by atoms with van der Waals surface area (Å²) in [6.45, 7) is 3.12. The molecule has 0 unspecified atom stereocenters. The lowest BCUT2D eigenvalue weighted by Crippen LogP contribution is -2.48. The van der Waals surface area contributed by atoms with Gasteiger partial charge >= 0.3 is 6.09 Å². The van der Waals surface area contributed by atoms with Crippen LogP contribution in [0.2, 0.25) is 0 Å². The van der Waals surface area contributed by atoms with E-state index in [9.17, 15) is 9.59 Å². The monoisotopic (exact) mass is 409 g/mol. The number of hydrogen-bond donors (Lipinski definition) is 2. The molecule has 2 N–H and O–H groups in total. The summed E-state index contributed by atoms with van der Waals surface area (Å²) in [6.07, 6.45) is 8.08. The number of rotatable bonds is 2. The smallest absolute Gasteiger partial charge is 0.407 e. The van der Waals surface area contributed by atoms with E-state index in [-0.39, 0.29) is 5.91 Å². The lowest BCUT2D eigenvalue weighted by molar-refractivity contribution is -0.119. The van der Waals surface area contributed by atoms with Crippen molar-refractivity contribution in [3.05, 3.63) is 43.0 Å². The van der Waals surface area contributed by atoms with Crippen molar-refractivity contribution in [2.45, 2.75) is 12.8 Å². The predicted octanol–water partition coefficient (Wildman–Crippen LogP) is 1.49. The summed E-state index contributed by atoms with van der Waals surface area (Å²) in [4.78, 5) is 33.6. The first-order valence-electron chi connectivity index (χ1n) is 9.86. The van der Waals surface area contributed by atoms with E-state index in [1.54, 1.807) is 23.1 Å². The van der Waals surface area contributed by atoms with Crippen LogP contribution < -0.4 is 10.2 Å². The topological polar surface area (TPSA) is 116 Å². The summed E-state index contributed by atoms with van der Waals surface area (Å²) in [5.41, 5.74) is 2.66. The molecule has 2 aliphatic heterocycles. The molecule has 0 aromatic carbocycles. The summed E-state index contributed by atoms with van der Waals surface area (Å²) >= 11 is 0. The zero-order valence-corrected chi connectivity index (χ0v) is 16.4. The maximum atomic E-state index is 11.0. The van der Waals surface area contributed by atoms with Gasteiger partial charge in [-0.3, -0.25) is 9.78 Å². The highest BCUT2D eigenvalue weighted by molar-refractivity contribution is 5.78. The standard InChI is InChI=1S/C16H16N6O2.C4H7NO/c23-16(24)21-8-6-20(7-9-21)14-3-5-22-15(19-14)13(11-18-22)12-2-1-4-17-10-12;6-4-2-1-3-5-4/h1-5,10-11H,6-9H2,(H,23,24);1-3H2,(H,5,6). The molecule has 30 heavy (non-hydrogen) atoms. The lowest BCUT2D eigenvalue weighted by Gasteiger charge is -2.33. The second-order valence-electron chi connectivity index (χ2n) is 7.06. The zero-order chi connectivity index (χ0) is 20.9. The van der Waals surface area contributed by atoms with E-state index in [0.29, 0.717) is 26.2 Å². The van der Waals surface area contributed by atoms with Crippen molar-refractivity contribution in [3.63, 3.8) is 0 Å². The Hall–Kier alpha value is -3.69. The number of piperazine rings is 1. The van der Waals surface area contributed by atoms with Crippen LogP contribution >= 0.6 is 0 Å². The van der Waals surface area contributed by atoms with Gasteiger partial charge < -0.3 is 20.2 Å². The molecule has 0 saturated carbocycles. The molecule has 10 heteroatoms. The van der Waals surface area contributed by atoms with E-state index < -0.39 is 6.09 Å². The molecule has 0 aliphatic carbocycles. The minimum atomic E-state index is -0.868. The molecular weight excluding hydrogens is 386 g/mol. The fraction of sp³-hybridized carbons (Fsp3) is 0.350. The van der Waals surface area contributed by atoms with Gasteiger partial charge in [0.2, 0.25) is 5.91 Å². The van der Waals surface area contributed by atoms with Gasteiger partial charge in [-0.25, -0.2) is 14.3 Å². The van der Waals surface area contributed by atoms with Crippen LogP contribution in [-0.2, 0) is 4.79 Å². The Morgan fingerprint density at radius 1 is 1.13 bits per heavy atom. The Morgan fingerprint density at radius 2 is 1.97 bits per heavy atom. The molecule has 2 amide bonds. The van der Waals surface area contributed by atoms with Gasteiger partial charge in [-0.1, -0.05) is 6.07 Å². The Labute approximate surface area is 173 Å². The summed E-state index contributed by atoms with van der Waals surface area (Å²) in [5.74, 6) is 1.04. The third-order valence-corrected chi connectivity index (χ3v) is 5.10. The number of carbonyl (C=O) groups excluding carboxylic acids is 1. The molecule has 0 bridgehead atoms. The zero-order valence-electron chi connectivity index (χ0n) is 16.4. The van der Waals surface area contributed by atoms with E-state index in [2.05, 4.69) is 20.3 Å². The SMILES string of the molecule is O=C(O)N1CCN(c2ccn3ncc(-c4cccnc4)c3n2)CC1.O=C1CCCN1. The predicted molar refractivity (Wildman–Crippen MR) is 110 cm³/mol. The second kappa shape index (κ2) is 8.76. The van der Waals surface area contributed by atoms with Crippen LogP contribution in [0, 0.1) is 0 Å². The number of fused-ring (bicyclic) bond motifs is 1. The van der Waals surface area contributed by atoms with Crippen LogP contribution in [0.4, 0.5) is 10.6 Å². The van der Waals surface area contributed by atoms with Crippen molar-refractivity contribution in [1.29, 1.82) is 0 Å². The number of hydrogen-bond acceptors (Lipinski definition) is 6. The lowest BCUT2D eigenvalue weighted by atomic mass is 10.1. The van der Waals surface area contributed by atoms with Gasteiger partial charge in [0.25, 0.3) is 0 Å². The summed E-state index contributed by atoms with van der Waals surface area (Å²) in [6, 6.07) is 5.77. The van der Waals surface area contributed by atoms with Gasteiger partial charge in [0, 0.05) is 68.9 Å². The van der Waals surface area contributed by atoms with Crippen LogP contribution in [-0.4, -0.2) is 74.3 Å². The molecule has 2 saturated heterocycles. The molecular formula is C20H23N7O3. The van der Waals surface area contributed by atoms with Gasteiger partial charge in [0.05, 0.1) is 6.20 Å². The van der Waals surface area contributed by atoms with Gasteiger partial charge in [-0.05, 0) is 18.6 Å². The summed E-state index contributed by atoms with van der Waals surface area (Å²) < 4.78 is 1.74. The van der Waals surface area contributed by atoms with Crippen molar-refractivity contribution in [2.75, 3.05) is 37.6 Å². The van der Waals surface area contributed by atoms with Crippen molar-refractivity contribution in [1.82, 2.24) is 29.8 Å². The number of nitrogens with one attached hydrogen (secondary N) is 1. The highest BCUT2D eigenvalue weighted by atomic mass is 16.4. The number of amides is 2. The van der Waals surface area contributed by atoms with Crippen LogP contribution in [0.25, 0.3) is 16.8 Å². The number of carbonyl (C=O) groups is 2. The number of carboxylic acid groups (broad SMARTS) is 1. The quantitative estimate of drug-likeness (QED) is 0.659. The second-order valence-corrected chi connectivity index (χ2v) is 7.06. The van der Waals surface area contributed by atoms with Crippen molar-refractivity contribution >= 4 is 23.5 Å². The highest BCUT2D eigenvalue weighted by Crippen LogP contribution is 2.24.